The molecule has 33 heavy (non-hydrogen) atoms. The summed E-state index contributed by atoms with van der Waals surface area (Å²) < 4.78 is 25.5. The fraction of sp³-hybridized carbons (Fsp3) is 0.304. The summed E-state index contributed by atoms with van der Waals surface area (Å²) in [5, 5.41) is 9.33. The monoisotopic (exact) mass is 486 g/mol. The Morgan fingerprint density at radius 2 is 1.73 bits per heavy atom. The highest BCUT2D eigenvalue weighted by Crippen LogP contribution is 2.30. The average Bonchev–Trinajstić information content (AvgIpc) is 2.82. The maximum absolute atomic E-state index is 12.8. The quantitative estimate of drug-likeness (QED) is 0.456. The number of hydrogen-bond donors (Lipinski definition) is 3. The highest BCUT2D eigenvalue weighted by atomic mass is 35.5. The Morgan fingerprint density at radius 3 is 2.42 bits per heavy atom. The molecule has 0 atom stereocenters. The molecule has 0 bridgehead atoms. The van der Waals surface area contributed by atoms with E-state index >= 15 is 0 Å². The number of benzene rings is 2. The minimum Gasteiger partial charge on any atom is -0.369 e. The van der Waals surface area contributed by atoms with E-state index in [0.717, 1.165) is 31.9 Å². The zero-order valence-corrected chi connectivity index (χ0v) is 20.1. The lowest BCUT2D eigenvalue weighted by atomic mass is 10.2. The zero-order valence-electron chi connectivity index (χ0n) is 18.5. The molecule has 1 fully saturated rings. The number of anilines is 5. The molecule has 0 spiro atoms. The highest BCUT2D eigenvalue weighted by molar-refractivity contribution is 7.92. The first-order valence-electron chi connectivity index (χ1n) is 10.8. The van der Waals surface area contributed by atoms with Gasteiger partial charge in [0.1, 0.15) is 5.02 Å². The second-order valence-electron chi connectivity index (χ2n) is 8.01. The van der Waals surface area contributed by atoms with E-state index in [9.17, 15) is 8.42 Å². The molecule has 0 saturated carbocycles. The molecular weight excluding hydrogens is 460 g/mol. The Kier molecular flexibility index (Phi) is 7.02. The molecule has 1 saturated heterocycles. The van der Waals surface area contributed by atoms with Crippen molar-refractivity contribution >= 4 is 50.3 Å². The normalized spacial score (nSPS) is 14.4. The van der Waals surface area contributed by atoms with Crippen LogP contribution in [0.2, 0.25) is 5.02 Å². The van der Waals surface area contributed by atoms with Crippen LogP contribution in [0.3, 0.4) is 0 Å². The number of hydrogen-bond acceptors (Lipinski definition) is 8. The number of nitrogens with one attached hydrogen (secondary N) is 3. The van der Waals surface area contributed by atoms with Gasteiger partial charge in [-0.25, -0.2) is 13.4 Å². The van der Waals surface area contributed by atoms with Gasteiger partial charge in [-0.2, -0.15) is 4.98 Å². The maximum Gasteiger partial charge on any atom is 0.229 e. The van der Waals surface area contributed by atoms with E-state index in [4.69, 9.17) is 11.6 Å². The number of halogens is 1. The van der Waals surface area contributed by atoms with E-state index in [1.54, 1.807) is 38.1 Å². The van der Waals surface area contributed by atoms with Crippen LogP contribution in [-0.4, -0.2) is 49.8 Å². The van der Waals surface area contributed by atoms with Crippen molar-refractivity contribution in [3.05, 3.63) is 59.8 Å². The molecule has 4 rings (SSSR count). The van der Waals surface area contributed by atoms with Gasteiger partial charge in [-0.1, -0.05) is 23.7 Å². The second-order valence-corrected chi connectivity index (χ2v) is 10.9. The van der Waals surface area contributed by atoms with Crippen LogP contribution in [0.5, 0.6) is 0 Å². The number of rotatable bonds is 7. The lowest BCUT2D eigenvalue weighted by Gasteiger charge is -2.29. The Balaban J connectivity index is 1.54. The minimum absolute atomic E-state index is 0.202. The lowest BCUT2D eigenvalue weighted by molar-refractivity contribution is 0.588. The van der Waals surface area contributed by atoms with Crippen LogP contribution in [0.25, 0.3) is 0 Å². The molecule has 1 aliphatic heterocycles. The van der Waals surface area contributed by atoms with Gasteiger partial charge in [0.15, 0.2) is 15.7 Å². The van der Waals surface area contributed by atoms with Crippen LogP contribution in [0.1, 0.15) is 13.8 Å². The van der Waals surface area contributed by atoms with Crippen molar-refractivity contribution < 1.29 is 8.42 Å². The highest BCUT2D eigenvalue weighted by Gasteiger charge is 2.23. The number of nitrogens with zero attached hydrogens (tertiary/aromatic N) is 3. The molecule has 1 aromatic heterocycles. The van der Waals surface area contributed by atoms with E-state index in [1.165, 1.54) is 11.9 Å². The van der Waals surface area contributed by atoms with E-state index in [1.807, 2.05) is 12.1 Å². The number of piperazine rings is 1. The van der Waals surface area contributed by atoms with E-state index in [0.29, 0.717) is 17.5 Å². The minimum atomic E-state index is -3.49. The maximum atomic E-state index is 12.8. The lowest BCUT2D eigenvalue weighted by Crippen LogP contribution is -2.43. The van der Waals surface area contributed by atoms with Crippen LogP contribution in [-0.2, 0) is 9.84 Å². The summed E-state index contributed by atoms with van der Waals surface area (Å²) in [6.07, 6.45) is 1.48. The first kappa shape index (κ1) is 23.3. The van der Waals surface area contributed by atoms with Crippen LogP contribution in [0, 0.1) is 0 Å². The summed E-state index contributed by atoms with van der Waals surface area (Å²) in [5.74, 6) is 0.666. The average molecular weight is 487 g/mol. The smallest absolute Gasteiger partial charge is 0.229 e. The van der Waals surface area contributed by atoms with E-state index in [2.05, 4.69) is 43.0 Å². The molecule has 2 heterocycles. The zero-order chi connectivity index (χ0) is 23.4. The molecule has 3 N–H and O–H groups in total. The van der Waals surface area contributed by atoms with Crippen molar-refractivity contribution in [3.8, 4) is 0 Å². The second kappa shape index (κ2) is 9.94. The summed E-state index contributed by atoms with van der Waals surface area (Å²) in [6.45, 7) is 7.23. The molecule has 0 unspecified atom stereocenters. The van der Waals surface area contributed by atoms with Crippen molar-refractivity contribution in [1.29, 1.82) is 0 Å². The first-order valence-corrected chi connectivity index (χ1v) is 12.7. The molecule has 0 aliphatic carbocycles. The molecule has 10 heteroatoms. The summed E-state index contributed by atoms with van der Waals surface area (Å²) in [4.78, 5) is 11.3. The molecule has 1 aliphatic rings. The summed E-state index contributed by atoms with van der Waals surface area (Å²) in [5.41, 5.74) is 2.42. The third-order valence-corrected chi connectivity index (χ3v) is 7.90. The van der Waals surface area contributed by atoms with Gasteiger partial charge in [-0.15, -0.1) is 0 Å². The van der Waals surface area contributed by atoms with Gasteiger partial charge in [-0.05, 0) is 50.2 Å². The number of para-hydroxylation sites is 1. The summed E-state index contributed by atoms with van der Waals surface area (Å²) in [6, 6.07) is 14.8. The van der Waals surface area contributed by atoms with Crippen molar-refractivity contribution in [3.63, 3.8) is 0 Å². The van der Waals surface area contributed by atoms with Crippen LogP contribution in [0.4, 0.5) is 28.8 Å². The van der Waals surface area contributed by atoms with Gasteiger partial charge in [0.05, 0.1) is 22.0 Å². The fourth-order valence-corrected chi connectivity index (χ4v) is 4.86. The van der Waals surface area contributed by atoms with Gasteiger partial charge >= 0.3 is 0 Å². The topological polar surface area (TPSA) is 99.2 Å². The van der Waals surface area contributed by atoms with E-state index < -0.39 is 15.1 Å². The Hall–Kier alpha value is -2.88. The predicted molar refractivity (Wildman–Crippen MR) is 134 cm³/mol. The van der Waals surface area contributed by atoms with Gasteiger partial charge < -0.3 is 20.9 Å². The first-order chi connectivity index (χ1) is 15.8. The molecule has 0 radical (unpaired) electrons. The Morgan fingerprint density at radius 1 is 1.03 bits per heavy atom. The number of aromatic nitrogens is 2. The molecular formula is C23H27ClN6O2S. The third kappa shape index (κ3) is 5.38. The van der Waals surface area contributed by atoms with Crippen LogP contribution >= 0.6 is 11.6 Å². The largest absolute Gasteiger partial charge is 0.369 e. The van der Waals surface area contributed by atoms with Crippen molar-refractivity contribution in [2.24, 2.45) is 0 Å². The van der Waals surface area contributed by atoms with Crippen LogP contribution < -0.4 is 20.9 Å². The molecule has 2 aromatic carbocycles. The van der Waals surface area contributed by atoms with Gasteiger partial charge in [0.25, 0.3) is 0 Å². The molecule has 8 nitrogen and oxygen atoms in total. The number of sulfone groups is 1. The van der Waals surface area contributed by atoms with Crippen molar-refractivity contribution in [2.75, 3.05) is 41.7 Å². The predicted octanol–water partition coefficient (Wildman–Crippen LogP) is 4.21. The molecule has 174 valence electrons. The van der Waals surface area contributed by atoms with Crippen molar-refractivity contribution in [1.82, 2.24) is 15.3 Å². The van der Waals surface area contributed by atoms with Gasteiger partial charge in [-0.3, -0.25) is 0 Å². The standard InChI is InChI=1S/C23H27ClN6O2S/c1-16(2)33(31,32)21-6-4-3-5-20(21)28-22-19(24)15-26-23(29-22)27-17-7-9-18(10-8-17)30-13-11-25-12-14-30/h3-10,15-16,25H,11-14H2,1-2H3,(H2,26,27,28,29). The fourth-order valence-electron chi connectivity index (χ4n) is 3.52. The molecule has 0 amide bonds. The van der Waals surface area contributed by atoms with Gasteiger partial charge in [0.2, 0.25) is 5.95 Å². The third-order valence-electron chi connectivity index (χ3n) is 5.42. The Bertz CT molecular complexity index is 1210. The van der Waals surface area contributed by atoms with Gasteiger partial charge in [0, 0.05) is 37.6 Å². The van der Waals surface area contributed by atoms with Crippen LogP contribution in [0.15, 0.2) is 59.6 Å². The van der Waals surface area contributed by atoms with Crippen molar-refractivity contribution in [2.45, 2.75) is 24.0 Å². The summed E-state index contributed by atoms with van der Waals surface area (Å²) in [7, 11) is -3.49. The Labute approximate surface area is 199 Å². The SMILES string of the molecule is CC(C)S(=O)(=O)c1ccccc1Nc1nc(Nc2ccc(N3CCNCC3)cc2)ncc1Cl. The van der Waals surface area contributed by atoms with E-state index in [-0.39, 0.29) is 9.92 Å². The molecule has 3 aromatic rings. The summed E-state index contributed by atoms with van der Waals surface area (Å²) >= 11 is 6.31.